The van der Waals surface area contributed by atoms with Gasteiger partial charge in [0.25, 0.3) is 0 Å². The summed E-state index contributed by atoms with van der Waals surface area (Å²) in [4.78, 5) is 0. The smallest absolute Gasteiger partial charge is 0.239 e. The molecule has 0 atom stereocenters. The van der Waals surface area contributed by atoms with E-state index in [9.17, 15) is 8.42 Å². The van der Waals surface area contributed by atoms with Gasteiger partial charge in [-0.15, -0.1) is 11.6 Å². The van der Waals surface area contributed by atoms with Gasteiger partial charge in [-0.3, -0.25) is 4.31 Å². The van der Waals surface area contributed by atoms with Crippen molar-refractivity contribution in [2.24, 2.45) is 0 Å². The largest absolute Gasteiger partial charge is 0.270 e. The Hall–Kier alpha value is -1.52. The quantitative estimate of drug-likeness (QED) is 0.759. The lowest BCUT2D eigenvalue weighted by Gasteiger charge is -2.22. The van der Waals surface area contributed by atoms with Crippen molar-refractivity contribution in [1.82, 2.24) is 0 Å². The van der Waals surface area contributed by atoms with Gasteiger partial charge in [-0.05, 0) is 30.2 Å². The third kappa shape index (κ3) is 3.99. The van der Waals surface area contributed by atoms with E-state index in [0.29, 0.717) is 18.1 Å². The van der Waals surface area contributed by atoms with Crippen molar-refractivity contribution >= 4 is 27.3 Å². The predicted molar refractivity (Wildman–Crippen MR) is 88.1 cm³/mol. The molecule has 2 aromatic rings. The number of halogens is 1. The van der Waals surface area contributed by atoms with Crippen LogP contribution in [0.3, 0.4) is 0 Å². The maximum absolute atomic E-state index is 12.6. The molecule has 5 heteroatoms. The van der Waals surface area contributed by atoms with E-state index in [1.807, 2.05) is 49.4 Å². The molecule has 0 spiro atoms. The van der Waals surface area contributed by atoms with Crippen LogP contribution in [-0.4, -0.2) is 15.0 Å². The summed E-state index contributed by atoms with van der Waals surface area (Å²) in [5, 5.41) is 0. The van der Waals surface area contributed by atoms with E-state index in [1.165, 1.54) is 4.31 Å². The van der Waals surface area contributed by atoms with Crippen LogP contribution in [0, 0.1) is 0 Å². The van der Waals surface area contributed by atoms with Gasteiger partial charge in [-0.2, -0.15) is 0 Å². The Morgan fingerprint density at radius 3 is 2.05 bits per heavy atom. The molecule has 112 valence electrons. The highest BCUT2D eigenvalue weighted by molar-refractivity contribution is 7.92. The third-order valence-electron chi connectivity index (χ3n) is 3.19. The first kappa shape index (κ1) is 15.9. The van der Waals surface area contributed by atoms with Crippen molar-refractivity contribution < 1.29 is 8.42 Å². The molecule has 0 aliphatic rings. The lowest BCUT2D eigenvalue weighted by molar-refractivity contribution is 0.591. The van der Waals surface area contributed by atoms with Crippen molar-refractivity contribution in [3.8, 4) is 0 Å². The minimum Gasteiger partial charge on any atom is -0.270 e. The third-order valence-corrected chi connectivity index (χ3v) is 5.34. The molecule has 0 saturated carbocycles. The molecule has 0 N–H and O–H groups in total. The van der Waals surface area contributed by atoms with Gasteiger partial charge in [0, 0.05) is 12.4 Å². The fraction of sp³-hybridized carbons (Fsp3) is 0.250. The summed E-state index contributed by atoms with van der Waals surface area (Å²) >= 11 is 5.74. The van der Waals surface area contributed by atoms with Crippen molar-refractivity contribution in [2.75, 3.05) is 10.8 Å². The van der Waals surface area contributed by atoms with Gasteiger partial charge in [-0.25, -0.2) is 8.42 Å². The van der Waals surface area contributed by atoms with Crippen LogP contribution in [-0.2, 0) is 21.7 Å². The van der Waals surface area contributed by atoms with Gasteiger partial charge in [0.2, 0.25) is 10.0 Å². The van der Waals surface area contributed by atoms with E-state index in [0.717, 1.165) is 11.1 Å². The first-order valence-electron chi connectivity index (χ1n) is 6.76. The Balaban J connectivity index is 2.23. The summed E-state index contributed by atoms with van der Waals surface area (Å²) in [6.45, 7) is 2.24. The SMILES string of the molecule is CCN(c1ccccc1)S(=O)(=O)Cc1ccc(CCl)cc1. The predicted octanol–water partition coefficient (Wildman–Crippen LogP) is 3.78. The molecular weight excluding hydrogens is 306 g/mol. The topological polar surface area (TPSA) is 37.4 Å². The molecule has 3 nitrogen and oxygen atoms in total. The standard InChI is InChI=1S/C16H18ClNO2S/c1-2-18(16-6-4-3-5-7-16)21(19,20)13-15-10-8-14(12-17)9-11-15/h3-11H,2,12-13H2,1H3. The molecule has 0 unspecified atom stereocenters. The van der Waals surface area contributed by atoms with Crippen LogP contribution in [0.15, 0.2) is 54.6 Å². The molecular formula is C16H18ClNO2S. The van der Waals surface area contributed by atoms with E-state index < -0.39 is 10.0 Å². The molecule has 0 saturated heterocycles. The summed E-state index contributed by atoms with van der Waals surface area (Å²) in [7, 11) is -3.40. The molecule has 0 bridgehead atoms. The van der Waals surface area contributed by atoms with Gasteiger partial charge in [-0.1, -0.05) is 42.5 Å². The number of para-hydroxylation sites is 1. The number of hydrogen-bond donors (Lipinski definition) is 0. The van der Waals surface area contributed by atoms with Crippen LogP contribution in [0.2, 0.25) is 0 Å². The summed E-state index contributed by atoms with van der Waals surface area (Å²) in [6, 6.07) is 16.5. The van der Waals surface area contributed by atoms with E-state index in [2.05, 4.69) is 0 Å². The number of anilines is 1. The van der Waals surface area contributed by atoms with Crippen molar-refractivity contribution in [1.29, 1.82) is 0 Å². The monoisotopic (exact) mass is 323 g/mol. The fourth-order valence-corrected chi connectivity index (χ4v) is 3.93. The van der Waals surface area contributed by atoms with Gasteiger partial charge < -0.3 is 0 Å². The van der Waals surface area contributed by atoms with Crippen LogP contribution in [0.5, 0.6) is 0 Å². The number of rotatable bonds is 6. The fourth-order valence-electron chi connectivity index (χ4n) is 2.15. The van der Waals surface area contributed by atoms with Gasteiger partial charge in [0.15, 0.2) is 0 Å². The van der Waals surface area contributed by atoms with Gasteiger partial charge in [0.1, 0.15) is 0 Å². The Morgan fingerprint density at radius 1 is 0.952 bits per heavy atom. The number of benzene rings is 2. The second-order valence-corrected chi connectivity index (χ2v) is 6.87. The highest BCUT2D eigenvalue weighted by Gasteiger charge is 2.21. The maximum atomic E-state index is 12.6. The molecule has 2 rings (SSSR count). The lowest BCUT2D eigenvalue weighted by Crippen LogP contribution is -2.31. The average Bonchev–Trinajstić information content (AvgIpc) is 2.49. The van der Waals surface area contributed by atoms with Gasteiger partial charge >= 0.3 is 0 Å². The summed E-state index contributed by atoms with van der Waals surface area (Å²) in [6.07, 6.45) is 0. The van der Waals surface area contributed by atoms with E-state index >= 15 is 0 Å². The molecule has 0 amide bonds. The molecule has 0 radical (unpaired) electrons. The van der Waals surface area contributed by atoms with Crippen molar-refractivity contribution in [2.45, 2.75) is 18.6 Å². The van der Waals surface area contributed by atoms with Crippen LogP contribution < -0.4 is 4.31 Å². The minimum atomic E-state index is -3.40. The average molecular weight is 324 g/mol. The highest BCUT2D eigenvalue weighted by Crippen LogP contribution is 2.20. The van der Waals surface area contributed by atoms with E-state index in [4.69, 9.17) is 11.6 Å². The van der Waals surface area contributed by atoms with E-state index in [-0.39, 0.29) is 5.75 Å². The molecule has 0 aliphatic carbocycles. The molecule has 0 heterocycles. The Labute approximate surface area is 131 Å². The minimum absolute atomic E-state index is 0.0156. The highest BCUT2D eigenvalue weighted by atomic mass is 35.5. The van der Waals surface area contributed by atoms with Crippen LogP contribution in [0.4, 0.5) is 5.69 Å². The molecule has 0 fully saturated rings. The number of hydrogen-bond acceptors (Lipinski definition) is 2. The van der Waals surface area contributed by atoms with Crippen LogP contribution in [0.25, 0.3) is 0 Å². The number of sulfonamides is 1. The first-order chi connectivity index (χ1) is 10.1. The van der Waals surface area contributed by atoms with Crippen LogP contribution in [0.1, 0.15) is 18.1 Å². The summed E-state index contributed by atoms with van der Waals surface area (Å²) < 4.78 is 26.6. The second-order valence-electron chi connectivity index (χ2n) is 4.71. The summed E-state index contributed by atoms with van der Waals surface area (Å²) in [5.41, 5.74) is 2.43. The molecule has 0 aliphatic heterocycles. The maximum Gasteiger partial charge on any atom is 0.239 e. The molecule has 0 aromatic heterocycles. The van der Waals surface area contributed by atoms with Crippen LogP contribution >= 0.6 is 11.6 Å². The normalized spacial score (nSPS) is 11.3. The Morgan fingerprint density at radius 2 is 1.52 bits per heavy atom. The zero-order valence-electron chi connectivity index (χ0n) is 11.9. The lowest BCUT2D eigenvalue weighted by atomic mass is 10.2. The number of alkyl halides is 1. The molecule has 2 aromatic carbocycles. The Bertz CT molecular complexity index is 669. The first-order valence-corrected chi connectivity index (χ1v) is 8.90. The zero-order chi connectivity index (χ0) is 15.3. The van der Waals surface area contributed by atoms with Crippen molar-refractivity contribution in [3.05, 3.63) is 65.7 Å². The molecule has 21 heavy (non-hydrogen) atoms. The van der Waals surface area contributed by atoms with Gasteiger partial charge in [0.05, 0.1) is 11.4 Å². The number of nitrogens with zero attached hydrogens (tertiary/aromatic N) is 1. The second kappa shape index (κ2) is 6.96. The van der Waals surface area contributed by atoms with Crippen molar-refractivity contribution in [3.63, 3.8) is 0 Å². The summed E-state index contributed by atoms with van der Waals surface area (Å²) in [5.74, 6) is 0.413. The Kier molecular flexibility index (Phi) is 5.26. The van der Waals surface area contributed by atoms with E-state index in [1.54, 1.807) is 12.1 Å². The zero-order valence-corrected chi connectivity index (χ0v) is 13.4.